The highest BCUT2D eigenvalue weighted by molar-refractivity contribution is 7.92. The van der Waals surface area contributed by atoms with Gasteiger partial charge in [-0.25, -0.2) is 13.2 Å². The van der Waals surface area contributed by atoms with Crippen LogP contribution in [0.5, 0.6) is 0 Å². The van der Waals surface area contributed by atoms with E-state index in [4.69, 9.17) is 4.74 Å². The van der Waals surface area contributed by atoms with Crippen LogP contribution < -0.4 is 4.31 Å². The molecule has 126 valence electrons. The summed E-state index contributed by atoms with van der Waals surface area (Å²) in [5.41, 5.74) is 1.97. The molecule has 5 nitrogen and oxygen atoms in total. The minimum absolute atomic E-state index is 0.102. The monoisotopic (exact) mass is 345 g/mol. The molecule has 0 bridgehead atoms. The SMILES string of the molecule is CCCOC(=O)c1cccc(S(=O)(=O)N2CCc3ccccc32)c1. The molecule has 3 rings (SSSR count). The van der Waals surface area contributed by atoms with Gasteiger partial charge in [-0.1, -0.05) is 31.2 Å². The molecule has 0 spiro atoms. The average molecular weight is 345 g/mol. The molecule has 0 N–H and O–H groups in total. The van der Waals surface area contributed by atoms with Gasteiger partial charge in [-0.2, -0.15) is 0 Å². The molecule has 0 fully saturated rings. The zero-order chi connectivity index (χ0) is 17.2. The lowest BCUT2D eigenvalue weighted by Crippen LogP contribution is -2.29. The maximum atomic E-state index is 13.0. The summed E-state index contributed by atoms with van der Waals surface area (Å²) in [6.07, 6.45) is 1.40. The van der Waals surface area contributed by atoms with E-state index in [1.807, 2.05) is 25.1 Å². The Morgan fingerprint density at radius 1 is 1.17 bits per heavy atom. The van der Waals surface area contributed by atoms with Crippen LogP contribution >= 0.6 is 0 Å². The highest BCUT2D eigenvalue weighted by atomic mass is 32.2. The van der Waals surface area contributed by atoms with Gasteiger partial charge in [0.25, 0.3) is 10.0 Å². The molecular weight excluding hydrogens is 326 g/mol. The molecule has 0 amide bonds. The summed E-state index contributed by atoms with van der Waals surface area (Å²) < 4.78 is 32.4. The van der Waals surface area contributed by atoms with Crippen LogP contribution in [-0.2, 0) is 21.2 Å². The fraction of sp³-hybridized carbons (Fsp3) is 0.278. The maximum absolute atomic E-state index is 13.0. The molecule has 0 saturated carbocycles. The number of hydrogen-bond acceptors (Lipinski definition) is 4. The molecule has 0 unspecified atom stereocenters. The number of sulfonamides is 1. The number of hydrogen-bond donors (Lipinski definition) is 0. The van der Waals surface area contributed by atoms with Crippen molar-refractivity contribution < 1.29 is 17.9 Å². The van der Waals surface area contributed by atoms with Crippen LogP contribution in [0.25, 0.3) is 0 Å². The Kier molecular flexibility index (Phi) is 4.57. The van der Waals surface area contributed by atoms with E-state index in [0.29, 0.717) is 31.7 Å². The van der Waals surface area contributed by atoms with Crippen molar-refractivity contribution in [2.75, 3.05) is 17.5 Å². The van der Waals surface area contributed by atoms with Gasteiger partial charge in [-0.15, -0.1) is 0 Å². The van der Waals surface area contributed by atoms with Gasteiger partial charge < -0.3 is 4.74 Å². The first-order valence-corrected chi connectivity index (χ1v) is 9.36. The summed E-state index contributed by atoms with van der Waals surface area (Å²) in [5.74, 6) is -0.504. The molecule has 1 heterocycles. The van der Waals surface area contributed by atoms with Crippen LogP contribution in [0.1, 0.15) is 29.3 Å². The fourth-order valence-corrected chi connectivity index (χ4v) is 4.30. The minimum atomic E-state index is -3.70. The van der Waals surface area contributed by atoms with Gasteiger partial charge in [0.15, 0.2) is 0 Å². The van der Waals surface area contributed by atoms with E-state index in [-0.39, 0.29) is 10.5 Å². The maximum Gasteiger partial charge on any atom is 0.338 e. The first-order chi connectivity index (χ1) is 11.5. The predicted molar refractivity (Wildman–Crippen MR) is 91.7 cm³/mol. The van der Waals surface area contributed by atoms with E-state index >= 15 is 0 Å². The van der Waals surface area contributed by atoms with Crippen molar-refractivity contribution in [3.05, 3.63) is 59.7 Å². The molecule has 0 aliphatic carbocycles. The second-order valence-electron chi connectivity index (χ2n) is 5.62. The van der Waals surface area contributed by atoms with Gasteiger partial charge in [-0.3, -0.25) is 4.31 Å². The summed E-state index contributed by atoms with van der Waals surface area (Å²) in [6.45, 7) is 2.63. The molecule has 2 aromatic carbocycles. The Morgan fingerprint density at radius 2 is 1.96 bits per heavy atom. The van der Waals surface area contributed by atoms with E-state index < -0.39 is 16.0 Å². The normalized spacial score (nSPS) is 13.6. The van der Waals surface area contributed by atoms with Crippen molar-refractivity contribution in [1.29, 1.82) is 0 Å². The molecule has 1 aliphatic rings. The molecule has 24 heavy (non-hydrogen) atoms. The molecule has 6 heteroatoms. The van der Waals surface area contributed by atoms with Crippen molar-refractivity contribution in [1.82, 2.24) is 0 Å². The zero-order valence-electron chi connectivity index (χ0n) is 13.4. The number of nitrogens with zero attached hydrogens (tertiary/aromatic N) is 1. The Balaban J connectivity index is 1.93. The smallest absolute Gasteiger partial charge is 0.338 e. The molecule has 1 aliphatic heterocycles. The average Bonchev–Trinajstić information content (AvgIpc) is 3.04. The van der Waals surface area contributed by atoms with Crippen molar-refractivity contribution in [3.63, 3.8) is 0 Å². The highest BCUT2D eigenvalue weighted by Crippen LogP contribution is 2.32. The highest BCUT2D eigenvalue weighted by Gasteiger charge is 2.30. The molecule has 0 atom stereocenters. The lowest BCUT2D eigenvalue weighted by molar-refractivity contribution is 0.0505. The molecule has 0 saturated heterocycles. The Bertz CT molecular complexity index is 861. The van der Waals surface area contributed by atoms with Crippen LogP contribution in [0.3, 0.4) is 0 Å². The lowest BCUT2D eigenvalue weighted by Gasteiger charge is -2.19. The Hall–Kier alpha value is -2.34. The third-order valence-electron chi connectivity index (χ3n) is 3.94. The van der Waals surface area contributed by atoms with E-state index in [2.05, 4.69) is 0 Å². The minimum Gasteiger partial charge on any atom is -0.462 e. The van der Waals surface area contributed by atoms with Crippen molar-refractivity contribution in [2.45, 2.75) is 24.7 Å². The predicted octanol–water partition coefficient (Wildman–Crippen LogP) is 3.00. The molecule has 2 aromatic rings. The summed E-state index contributed by atoms with van der Waals surface area (Å²) in [4.78, 5) is 12.1. The topological polar surface area (TPSA) is 63.7 Å². The van der Waals surface area contributed by atoms with Crippen molar-refractivity contribution in [2.24, 2.45) is 0 Å². The van der Waals surface area contributed by atoms with E-state index in [0.717, 1.165) is 5.56 Å². The van der Waals surface area contributed by atoms with E-state index in [9.17, 15) is 13.2 Å². The third kappa shape index (κ3) is 3.01. The fourth-order valence-electron chi connectivity index (χ4n) is 2.75. The van der Waals surface area contributed by atoms with E-state index in [1.165, 1.54) is 16.4 Å². The Labute approximate surface area is 141 Å². The number of rotatable bonds is 5. The Morgan fingerprint density at radius 3 is 2.75 bits per heavy atom. The summed E-state index contributed by atoms with van der Waals surface area (Å²) in [7, 11) is -3.70. The molecule has 0 aromatic heterocycles. The van der Waals surface area contributed by atoms with Gasteiger partial charge in [0, 0.05) is 6.54 Å². The van der Waals surface area contributed by atoms with Crippen LogP contribution in [0.15, 0.2) is 53.4 Å². The van der Waals surface area contributed by atoms with Gasteiger partial charge in [0.1, 0.15) is 0 Å². The van der Waals surface area contributed by atoms with Crippen LogP contribution in [0.2, 0.25) is 0 Å². The number of benzene rings is 2. The van der Waals surface area contributed by atoms with Gasteiger partial charge >= 0.3 is 5.97 Å². The summed E-state index contributed by atoms with van der Waals surface area (Å²) in [5, 5.41) is 0. The van der Waals surface area contributed by atoms with Gasteiger partial charge in [-0.05, 0) is 42.7 Å². The van der Waals surface area contributed by atoms with Crippen LogP contribution in [0, 0.1) is 0 Å². The van der Waals surface area contributed by atoms with Crippen molar-refractivity contribution >= 4 is 21.7 Å². The standard InChI is InChI=1S/C18H19NO4S/c1-2-12-23-18(20)15-7-5-8-16(13-15)24(21,22)19-11-10-14-6-3-4-9-17(14)19/h3-9,13H,2,10-12H2,1H3. The second-order valence-corrected chi connectivity index (χ2v) is 7.48. The lowest BCUT2D eigenvalue weighted by atomic mass is 10.2. The van der Waals surface area contributed by atoms with Crippen molar-refractivity contribution in [3.8, 4) is 0 Å². The number of carbonyl (C=O) groups is 1. The first kappa shape index (κ1) is 16.5. The number of para-hydroxylation sites is 1. The second kappa shape index (κ2) is 6.65. The van der Waals surface area contributed by atoms with Gasteiger partial charge in [0.2, 0.25) is 0 Å². The summed E-state index contributed by atoms with van der Waals surface area (Å²) in [6, 6.07) is 13.5. The largest absolute Gasteiger partial charge is 0.462 e. The van der Waals surface area contributed by atoms with Gasteiger partial charge in [0.05, 0.1) is 22.8 Å². The van der Waals surface area contributed by atoms with Crippen LogP contribution in [0.4, 0.5) is 5.69 Å². The number of ether oxygens (including phenoxy) is 1. The molecule has 0 radical (unpaired) electrons. The van der Waals surface area contributed by atoms with E-state index in [1.54, 1.807) is 18.2 Å². The zero-order valence-corrected chi connectivity index (χ0v) is 14.3. The molecular formula is C18H19NO4S. The number of esters is 1. The number of anilines is 1. The quantitative estimate of drug-likeness (QED) is 0.782. The number of fused-ring (bicyclic) bond motifs is 1. The third-order valence-corrected chi connectivity index (χ3v) is 5.75. The number of carbonyl (C=O) groups excluding carboxylic acids is 1. The van der Waals surface area contributed by atoms with Crippen LogP contribution in [-0.4, -0.2) is 27.5 Å². The first-order valence-electron chi connectivity index (χ1n) is 7.92. The summed E-state index contributed by atoms with van der Waals surface area (Å²) >= 11 is 0.